The van der Waals surface area contributed by atoms with Gasteiger partial charge in [0.1, 0.15) is 0 Å². The molecule has 7 heteroatoms. The van der Waals surface area contributed by atoms with Gasteiger partial charge in [-0.05, 0) is 61.6 Å². The highest BCUT2D eigenvalue weighted by Gasteiger charge is 2.25. The number of likely N-dealkylation sites (N-methyl/N-ethyl adjacent to an activating group) is 1. The Bertz CT molecular complexity index is 1270. The van der Waals surface area contributed by atoms with Gasteiger partial charge in [0.25, 0.3) is 5.91 Å². The molecule has 0 aliphatic carbocycles. The number of nitrogens with one attached hydrogen (secondary N) is 2. The van der Waals surface area contributed by atoms with Gasteiger partial charge >= 0.3 is 0 Å². The highest BCUT2D eigenvalue weighted by molar-refractivity contribution is 6.32. The number of nitrogens with two attached hydrogens (primary N) is 1. The molecule has 3 aromatic rings. The van der Waals surface area contributed by atoms with Crippen molar-refractivity contribution in [1.82, 2.24) is 4.90 Å². The van der Waals surface area contributed by atoms with Gasteiger partial charge in [-0.25, -0.2) is 0 Å². The summed E-state index contributed by atoms with van der Waals surface area (Å²) in [4.78, 5) is 30.3. The van der Waals surface area contributed by atoms with Gasteiger partial charge in [0.05, 0.1) is 5.57 Å². The van der Waals surface area contributed by atoms with E-state index in [9.17, 15) is 9.59 Å². The van der Waals surface area contributed by atoms with Crippen LogP contribution >= 0.6 is 0 Å². The van der Waals surface area contributed by atoms with Crippen molar-refractivity contribution in [2.75, 3.05) is 54.5 Å². The van der Waals surface area contributed by atoms with Crippen molar-refractivity contribution in [2.24, 2.45) is 0 Å². The number of carbonyl (C=O) groups is 2. The second kappa shape index (κ2) is 9.03. The number of rotatable bonds is 5. The molecule has 0 saturated carbocycles. The highest BCUT2D eigenvalue weighted by atomic mass is 16.2. The van der Waals surface area contributed by atoms with E-state index >= 15 is 0 Å². The molecule has 0 aromatic heterocycles. The summed E-state index contributed by atoms with van der Waals surface area (Å²) in [6, 6.07) is 20.3. The summed E-state index contributed by atoms with van der Waals surface area (Å²) in [6.45, 7) is 4.15. The van der Waals surface area contributed by atoms with Crippen LogP contribution in [0.1, 0.15) is 21.5 Å². The molecule has 1 amide bonds. The molecule has 0 radical (unpaired) electrons. The average molecular weight is 454 g/mol. The van der Waals surface area contributed by atoms with Crippen LogP contribution in [0.15, 0.2) is 72.9 Å². The molecule has 1 saturated heterocycles. The monoisotopic (exact) mass is 453 g/mol. The summed E-state index contributed by atoms with van der Waals surface area (Å²) >= 11 is 0. The van der Waals surface area contributed by atoms with Crippen LogP contribution in [0.25, 0.3) is 5.57 Å². The van der Waals surface area contributed by atoms with Crippen molar-refractivity contribution in [3.8, 4) is 0 Å². The molecule has 2 aliphatic heterocycles. The summed E-state index contributed by atoms with van der Waals surface area (Å²) in [6.07, 6.45) is 1.70. The van der Waals surface area contributed by atoms with Crippen LogP contribution < -0.4 is 21.3 Å². The first-order valence-corrected chi connectivity index (χ1v) is 11.3. The van der Waals surface area contributed by atoms with Crippen molar-refractivity contribution in [3.05, 3.63) is 89.6 Å². The number of benzene rings is 3. The number of anilines is 4. The van der Waals surface area contributed by atoms with Gasteiger partial charge in [-0.3, -0.25) is 9.59 Å². The summed E-state index contributed by atoms with van der Waals surface area (Å²) in [7, 11) is 2.14. The Morgan fingerprint density at radius 1 is 0.971 bits per heavy atom. The Kier molecular flexibility index (Phi) is 5.77. The predicted molar refractivity (Wildman–Crippen MR) is 137 cm³/mol. The maximum absolute atomic E-state index is 12.9. The number of nitrogens with zero attached hydrogens (tertiary/aromatic N) is 2. The van der Waals surface area contributed by atoms with Crippen molar-refractivity contribution in [2.45, 2.75) is 0 Å². The van der Waals surface area contributed by atoms with Gasteiger partial charge in [0, 0.05) is 71.8 Å². The SMILES string of the molecule is CN1CCN(c2ccc(NC=C3C(=O)Nc4ccc(C(=O)c5cccc(N)c5)cc43)cc2)CC1. The lowest BCUT2D eigenvalue weighted by molar-refractivity contribution is -0.110. The van der Waals surface area contributed by atoms with Crippen molar-refractivity contribution >= 4 is 40.0 Å². The summed E-state index contributed by atoms with van der Waals surface area (Å²) in [5.41, 5.74) is 11.3. The first-order valence-electron chi connectivity index (χ1n) is 11.3. The van der Waals surface area contributed by atoms with Crippen molar-refractivity contribution in [1.29, 1.82) is 0 Å². The number of hydrogen-bond donors (Lipinski definition) is 3. The number of fused-ring (bicyclic) bond motifs is 1. The standard InChI is InChI=1S/C27H27N5O2/c1-31-11-13-32(14-12-31)22-8-6-21(7-9-22)29-17-24-23-16-19(5-10-25(23)30-27(24)34)26(33)18-3-2-4-20(28)15-18/h2-10,15-17,29H,11-14,28H2,1H3,(H,30,34). The normalized spacial score (nSPS) is 16.9. The number of amides is 1. The summed E-state index contributed by atoms with van der Waals surface area (Å²) in [5, 5.41) is 6.10. The maximum atomic E-state index is 12.9. The van der Waals surface area contributed by atoms with E-state index in [4.69, 9.17) is 5.73 Å². The largest absolute Gasteiger partial charge is 0.399 e. The zero-order valence-corrected chi connectivity index (χ0v) is 19.0. The molecule has 5 rings (SSSR count). The van der Waals surface area contributed by atoms with Crippen molar-refractivity contribution in [3.63, 3.8) is 0 Å². The van der Waals surface area contributed by atoms with Crippen LogP contribution in [-0.2, 0) is 4.79 Å². The molecule has 3 aromatic carbocycles. The number of ketones is 1. The van der Waals surface area contributed by atoms with Gasteiger partial charge in [-0.15, -0.1) is 0 Å². The first-order chi connectivity index (χ1) is 16.5. The lowest BCUT2D eigenvalue weighted by Crippen LogP contribution is -2.44. The minimum Gasteiger partial charge on any atom is -0.399 e. The predicted octanol–water partition coefficient (Wildman–Crippen LogP) is 3.66. The van der Waals surface area contributed by atoms with Crippen LogP contribution in [0.4, 0.5) is 22.7 Å². The Balaban J connectivity index is 1.34. The fourth-order valence-electron chi connectivity index (χ4n) is 4.31. The van der Waals surface area contributed by atoms with E-state index in [0.29, 0.717) is 33.6 Å². The average Bonchev–Trinajstić information content (AvgIpc) is 3.17. The fraction of sp³-hybridized carbons (Fsp3) is 0.185. The van der Waals surface area contributed by atoms with Crippen LogP contribution in [-0.4, -0.2) is 49.8 Å². The van der Waals surface area contributed by atoms with E-state index in [-0.39, 0.29) is 11.7 Å². The van der Waals surface area contributed by atoms with Crippen LogP contribution in [0.2, 0.25) is 0 Å². The van der Waals surface area contributed by atoms with E-state index in [1.54, 1.807) is 48.7 Å². The third-order valence-corrected chi connectivity index (χ3v) is 6.33. The maximum Gasteiger partial charge on any atom is 0.257 e. The molecule has 2 aliphatic rings. The van der Waals surface area contributed by atoms with Gasteiger partial charge in [0.15, 0.2) is 5.78 Å². The molecule has 0 spiro atoms. The Morgan fingerprint density at radius 3 is 2.44 bits per heavy atom. The fourth-order valence-corrected chi connectivity index (χ4v) is 4.31. The third-order valence-electron chi connectivity index (χ3n) is 6.33. The smallest absolute Gasteiger partial charge is 0.257 e. The Labute approximate surface area is 198 Å². The zero-order valence-electron chi connectivity index (χ0n) is 19.0. The van der Waals surface area contributed by atoms with E-state index in [1.165, 1.54) is 5.69 Å². The summed E-state index contributed by atoms with van der Waals surface area (Å²) < 4.78 is 0. The molecule has 0 bridgehead atoms. The van der Waals surface area contributed by atoms with Gasteiger partial charge in [-0.1, -0.05) is 12.1 Å². The minimum absolute atomic E-state index is 0.138. The number of nitrogen functional groups attached to an aromatic ring is 1. The molecule has 1 fully saturated rings. The number of hydrogen-bond acceptors (Lipinski definition) is 6. The van der Waals surface area contributed by atoms with E-state index in [2.05, 4.69) is 39.6 Å². The molecule has 4 N–H and O–H groups in total. The lowest BCUT2D eigenvalue weighted by atomic mass is 9.98. The molecular formula is C27H27N5O2. The molecule has 0 unspecified atom stereocenters. The minimum atomic E-state index is -0.204. The molecule has 2 heterocycles. The van der Waals surface area contributed by atoms with Crippen LogP contribution in [0.5, 0.6) is 0 Å². The van der Waals surface area contributed by atoms with E-state index in [1.807, 2.05) is 12.1 Å². The number of piperazine rings is 1. The second-order valence-corrected chi connectivity index (χ2v) is 8.71. The van der Waals surface area contributed by atoms with Crippen LogP contribution in [0.3, 0.4) is 0 Å². The molecule has 34 heavy (non-hydrogen) atoms. The number of carbonyl (C=O) groups excluding carboxylic acids is 2. The van der Waals surface area contributed by atoms with Gasteiger partial charge in [-0.2, -0.15) is 0 Å². The summed E-state index contributed by atoms with van der Waals surface area (Å²) in [5.74, 6) is -0.341. The first kappa shape index (κ1) is 21.7. The molecule has 0 atom stereocenters. The Morgan fingerprint density at radius 2 is 1.71 bits per heavy atom. The van der Waals surface area contributed by atoms with Crippen LogP contribution in [0, 0.1) is 0 Å². The van der Waals surface area contributed by atoms with Gasteiger partial charge in [0.2, 0.25) is 0 Å². The topological polar surface area (TPSA) is 90.7 Å². The molecule has 172 valence electrons. The highest BCUT2D eigenvalue weighted by Crippen LogP contribution is 2.33. The quantitative estimate of drug-likeness (QED) is 0.310. The lowest BCUT2D eigenvalue weighted by Gasteiger charge is -2.34. The molecular weight excluding hydrogens is 426 g/mol. The van der Waals surface area contributed by atoms with Crippen molar-refractivity contribution < 1.29 is 9.59 Å². The Hall–Kier alpha value is -4.10. The van der Waals surface area contributed by atoms with Gasteiger partial charge < -0.3 is 26.2 Å². The third kappa shape index (κ3) is 4.38. The van der Waals surface area contributed by atoms with E-state index < -0.39 is 0 Å². The zero-order chi connectivity index (χ0) is 23.7. The molecule has 7 nitrogen and oxygen atoms in total. The second-order valence-electron chi connectivity index (χ2n) is 8.71. The van der Waals surface area contributed by atoms with E-state index in [0.717, 1.165) is 31.9 Å².